The monoisotopic (exact) mass is 423 g/mol. The first-order valence-electron chi connectivity index (χ1n) is 10.4. The first kappa shape index (κ1) is 19.6. The molecule has 1 N–H and O–H groups in total. The maximum absolute atomic E-state index is 13.3. The van der Waals surface area contributed by atoms with E-state index >= 15 is 0 Å². The molecule has 0 bridgehead atoms. The van der Waals surface area contributed by atoms with Crippen LogP contribution in [0.25, 0.3) is 22.4 Å². The van der Waals surface area contributed by atoms with E-state index in [1.807, 2.05) is 54.2 Å². The van der Waals surface area contributed by atoms with Crippen LogP contribution in [-0.2, 0) is 4.74 Å². The van der Waals surface area contributed by atoms with Gasteiger partial charge in [0.2, 0.25) is 0 Å². The lowest BCUT2D eigenvalue weighted by atomic mass is 9.95. The standard InChI is InChI=1S/C23H25N3O3S/c27-22(24-15-23(7-13-30-16-23)26-8-11-28-12-9-26)18-14-20(21-6-3-10-29-21)25-19-5-2-1-4-17(18)19/h1-6,10,14H,7-9,11-13,15-16H2,(H,24,27). The van der Waals surface area contributed by atoms with Crippen molar-refractivity contribution in [2.75, 3.05) is 44.4 Å². The lowest BCUT2D eigenvalue weighted by molar-refractivity contribution is -0.0129. The Morgan fingerprint density at radius 2 is 2.07 bits per heavy atom. The number of nitrogens with zero attached hydrogens (tertiary/aromatic N) is 2. The first-order valence-corrected chi connectivity index (χ1v) is 11.5. The zero-order valence-corrected chi connectivity index (χ0v) is 17.6. The quantitative estimate of drug-likeness (QED) is 0.678. The van der Waals surface area contributed by atoms with Crippen LogP contribution >= 0.6 is 11.8 Å². The SMILES string of the molecule is O=C(NCC1(N2CCOCC2)CCSC1)c1cc(-c2ccco2)nc2ccccc12. The predicted octanol–water partition coefficient (Wildman–Crippen LogP) is 3.43. The number of para-hydroxylation sites is 1. The molecule has 0 aliphatic carbocycles. The molecule has 0 spiro atoms. The minimum Gasteiger partial charge on any atom is -0.463 e. The highest BCUT2D eigenvalue weighted by atomic mass is 32.2. The summed E-state index contributed by atoms with van der Waals surface area (Å²) in [5.74, 6) is 2.77. The van der Waals surface area contributed by atoms with Gasteiger partial charge in [-0.3, -0.25) is 9.69 Å². The molecule has 1 aromatic carbocycles. The van der Waals surface area contributed by atoms with Gasteiger partial charge in [-0.15, -0.1) is 0 Å². The van der Waals surface area contributed by atoms with Crippen LogP contribution in [0.2, 0.25) is 0 Å². The van der Waals surface area contributed by atoms with Crippen molar-refractivity contribution < 1.29 is 13.9 Å². The molecule has 0 radical (unpaired) electrons. The van der Waals surface area contributed by atoms with E-state index in [1.165, 1.54) is 0 Å². The van der Waals surface area contributed by atoms with Gasteiger partial charge < -0.3 is 14.5 Å². The second-order valence-electron chi connectivity index (χ2n) is 7.86. The normalized spacial score (nSPS) is 22.4. The molecular weight excluding hydrogens is 398 g/mol. The Morgan fingerprint density at radius 3 is 2.83 bits per heavy atom. The number of furan rings is 1. The van der Waals surface area contributed by atoms with Crippen LogP contribution in [0.15, 0.2) is 53.1 Å². The summed E-state index contributed by atoms with van der Waals surface area (Å²) >= 11 is 1.97. The third-order valence-corrected chi connectivity index (χ3v) is 7.31. The molecule has 3 aromatic rings. The highest BCUT2D eigenvalue weighted by Gasteiger charge is 2.41. The number of benzene rings is 1. The Hall–Kier alpha value is -2.35. The maximum atomic E-state index is 13.3. The van der Waals surface area contributed by atoms with Crippen molar-refractivity contribution in [3.8, 4) is 11.5 Å². The number of carbonyl (C=O) groups excluding carboxylic acids is 1. The van der Waals surface area contributed by atoms with Crippen LogP contribution in [-0.4, -0.2) is 65.7 Å². The second kappa shape index (κ2) is 8.41. The van der Waals surface area contributed by atoms with Gasteiger partial charge in [0.15, 0.2) is 5.76 Å². The summed E-state index contributed by atoms with van der Waals surface area (Å²) in [5, 5.41) is 4.10. The van der Waals surface area contributed by atoms with Crippen LogP contribution in [0.3, 0.4) is 0 Å². The highest BCUT2D eigenvalue weighted by molar-refractivity contribution is 7.99. The second-order valence-corrected chi connectivity index (χ2v) is 8.96. The van der Waals surface area contributed by atoms with Crippen LogP contribution in [0.5, 0.6) is 0 Å². The Bertz CT molecular complexity index is 1030. The smallest absolute Gasteiger partial charge is 0.252 e. The van der Waals surface area contributed by atoms with E-state index in [-0.39, 0.29) is 11.4 Å². The summed E-state index contributed by atoms with van der Waals surface area (Å²) in [6.45, 7) is 4.03. The van der Waals surface area contributed by atoms with Crippen LogP contribution < -0.4 is 5.32 Å². The summed E-state index contributed by atoms with van der Waals surface area (Å²) in [5.41, 5.74) is 2.10. The number of aromatic nitrogens is 1. The third kappa shape index (κ3) is 3.73. The summed E-state index contributed by atoms with van der Waals surface area (Å²) < 4.78 is 11.1. The fourth-order valence-electron chi connectivity index (χ4n) is 4.39. The van der Waals surface area contributed by atoms with Crippen molar-refractivity contribution in [3.63, 3.8) is 0 Å². The number of ether oxygens (including phenoxy) is 1. The van der Waals surface area contributed by atoms with Gasteiger partial charge in [0.25, 0.3) is 5.91 Å². The highest BCUT2D eigenvalue weighted by Crippen LogP contribution is 2.34. The number of carbonyl (C=O) groups is 1. The first-order chi connectivity index (χ1) is 14.8. The van der Waals surface area contributed by atoms with Crippen molar-refractivity contribution in [1.82, 2.24) is 15.2 Å². The number of morpholine rings is 1. The average molecular weight is 424 g/mol. The fourth-order valence-corrected chi connectivity index (χ4v) is 5.87. The molecular formula is C23H25N3O3S. The number of hydrogen-bond acceptors (Lipinski definition) is 6. The molecule has 156 valence electrons. The van der Waals surface area contributed by atoms with Crippen LogP contribution in [0.1, 0.15) is 16.8 Å². The molecule has 6 nitrogen and oxygen atoms in total. The molecule has 2 aliphatic rings. The zero-order valence-electron chi connectivity index (χ0n) is 16.8. The number of pyridine rings is 1. The van der Waals surface area contributed by atoms with Crippen molar-refractivity contribution in [3.05, 3.63) is 54.3 Å². The summed E-state index contributed by atoms with van der Waals surface area (Å²) in [6, 6.07) is 13.3. The van der Waals surface area contributed by atoms with E-state index < -0.39 is 0 Å². The van der Waals surface area contributed by atoms with Gasteiger partial charge in [-0.05, 0) is 36.4 Å². The lowest BCUT2D eigenvalue weighted by Gasteiger charge is -2.43. The Balaban J connectivity index is 1.43. The average Bonchev–Trinajstić information content (AvgIpc) is 3.50. The molecule has 2 aliphatic heterocycles. The largest absolute Gasteiger partial charge is 0.463 e. The minimum atomic E-state index is -0.0639. The molecule has 0 saturated carbocycles. The Kier molecular flexibility index (Phi) is 5.50. The Labute approximate surface area is 180 Å². The van der Waals surface area contributed by atoms with Crippen molar-refractivity contribution in [1.29, 1.82) is 0 Å². The lowest BCUT2D eigenvalue weighted by Crippen LogP contribution is -2.59. The number of nitrogens with one attached hydrogen (secondary N) is 1. The van der Waals surface area contributed by atoms with Crippen LogP contribution in [0, 0.1) is 0 Å². The number of amides is 1. The van der Waals surface area contributed by atoms with Gasteiger partial charge in [-0.1, -0.05) is 18.2 Å². The molecule has 1 unspecified atom stereocenters. The summed E-state index contributed by atoms with van der Waals surface area (Å²) in [7, 11) is 0. The van der Waals surface area contributed by atoms with Gasteiger partial charge in [0, 0.05) is 36.3 Å². The van der Waals surface area contributed by atoms with Gasteiger partial charge in [-0.25, -0.2) is 4.98 Å². The topological polar surface area (TPSA) is 67.6 Å². The number of thioether (sulfide) groups is 1. The molecule has 2 saturated heterocycles. The van der Waals surface area contributed by atoms with Gasteiger partial charge >= 0.3 is 0 Å². The minimum absolute atomic E-state index is 0.0107. The Morgan fingerprint density at radius 1 is 1.20 bits per heavy atom. The predicted molar refractivity (Wildman–Crippen MR) is 119 cm³/mol. The van der Waals surface area contributed by atoms with E-state index in [2.05, 4.69) is 15.2 Å². The van der Waals surface area contributed by atoms with Crippen molar-refractivity contribution in [2.45, 2.75) is 12.0 Å². The number of fused-ring (bicyclic) bond motifs is 1. The van der Waals surface area contributed by atoms with E-state index in [1.54, 1.807) is 6.26 Å². The van der Waals surface area contributed by atoms with E-state index in [0.29, 0.717) is 23.6 Å². The van der Waals surface area contributed by atoms with E-state index in [0.717, 1.165) is 55.1 Å². The van der Waals surface area contributed by atoms with E-state index in [4.69, 9.17) is 9.15 Å². The summed E-state index contributed by atoms with van der Waals surface area (Å²) in [6.07, 6.45) is 2.71. The molecule has 30 heavy (non-hydrogen) atoms. The van der Waals surface area contributed by atoms with E-state index in [9.17, 15) is 4.79 Å². The summed E-state index contributed by atoms with van der Waals surface area (Å²) in [4.78, 5) is 20.5. The van der Waals surface area contributed by atoms with Gasteiger partial charge in [0.1, 0.15) is 5.69 Å². The third-order valence-electron chi connectivity index (χ3n) is 6.08. The maximum Gasteiger partial charge on any atom is 0.252 e. The van der Waals surface area contributed by atoms with Gasteiger partial charge in [0.05, 0.1) is 30.6 Å². The molecule has 7 heteroatoms. The molecule has 2 fully saturated rings. The molecule has 1 atom stereocenters. The molecule has 4 heterocycles. The zero-order chi connectivity index (χ0) is 20.4. The fraction of sp³-hybridized carbons (Fsp3) is 0.391. The molecule has 5 rings (SSSR count). The van der Waals surface area contributed by atoms with Crippen LogP contribution in [0.4, 0.5) is 0 Å². The number of hydrogen-bond donors (Lipinski definition) is 1. The van der Waals surface area contributed by atoms with Gasteiger partial charge in [-0.2, -0.15) is 11.8 Å². The number of rotatable bonds is 5. The molecule has 2 aromatic heterocycles. The van der Waals surface area contributed by atoms with Crippen molar-refractivity contribution in [2.24, 2.45) is 0 Å². The molecule has 1 amide bonds. The van der Waals surface area contributed by atoms with Crippen molar-refractivity contribution >= 4 is 28.6 Å².